The highest BCUT2D eigenvalue weighted by atomic mass is 32.1. The van der Waals surface area contributed by atoms with Crippen LogP contribution in [0.1, 0.15) is 233 Å². The molecule has 0 radical (unpaired) electrons. The summed E-state index contributed by atoms with van der Waals surface area (Å²) in [5, 5.41) is 27.7. The minimum atomic E-state index is -0.877. The lowest BCUT2D eigenvalue weighted by Crippen LogP contribution is -2.36. The van der Waals surface area contributed by atoms with Gasteiger partial charge in [0.25, 0.3) is 10.3 Å². The van der Waals surface area contributed by atoms with Crippen molar-refractivity contribution in [2.75, 3.05) is 26.2 Å². The summed E-state index contributed by atoms with van der Waals surface area (Å²) in [4.78, 5) is 4.13. The quantitative estimate of drug-likeness (QED) is 0.185. The smallest absolute Gasteiger partial charge is 0.264 e. The number of phenols is 2. The number of ether oxygens (including phenoxy) is 2. The summed E-state index contributed by atoms with van der Waals surface area (Å²) in [7, 11) is 0. The van der Waals surface area contributed by atoms with Crippen molar-refractivity contribution in [3.63, 3.8) is 0 Å². The van der Waals surface area contributed by atoms with E-state index in [0.29, 0.717) is 48.0 Å². The van der Waals surface area contributed by atoms with Gasteiger partial charge in [-0.25, -0.2) is 0 Å². The predicted molar refractivity (Wildman–Crippen MR) is 305 cm³/mol. The molecule has 0 fully saturated rings. The molecule has 0 amide bonds. The van der Waals surface area contributed by atoms with E-state index in [0.717, 1.165) is 66.8 Å². The minimum Gasteiger partial charge on any atom is -0.507 e. The summed E-state index contributed by atoms with van der Waals surface area (Å²) >= 11 is 12.5. The lowest BCUT2D eigenvalue weighted by molar-refractivity contribution is 0.364. The first kappa shape index (κ1) is 56.8. The number of hydrogen-bond acceptors (Lipinski definition) is 6. The van der Waals surface area contributed by atoms with Gasteiger partial charge in [0.2, 0.25) is 0 Å². The van der Waals surface area contributed by atoms with Gasteiger partial charge < -0.3 is 29.5 Å². The Kier molecular flexibility index (Phi) is 15.4. The lowest BCUT2D eigenvalue weighted by atomic mass is 9.64. The fraction of sp³-hybridized carbons (Fsp3) is 0.581. The zero-order chi connectivity index (χ0) is 53.4. The first-order chi connectivity index (χ1) is 31.7. The fourth-order valence-electron chi connectivity index (χ4n) is 10.1. The van der Waals surface area contributed by atoms with E-state index >= 15 is 0 Å². The number of aromatic hydroxyl groups is 2. The molecule has 8 bridgehead atoms. The summed E-state index contributed by atoms with van der Waals surface area (Å²) in [5.74, 6) is 1.70. The lowest BCUT2D eigenvalue weighted by Gasteiger charge is -2.41. The molecule has 2 N–H and O–H groups in total. The van der Waals surface area contributed by atoms with Crippen LogP contribution in [0.15, 0.2) is 48.5 Å². The number of hydrogen-bond donors (Lipinski definition) is 2. The van der Waals surface area contributed by atoms with Crippen molar-refractivity contribution in [2.45, 2.75) is 209 Å². The molecule has 1 aliphatic rings. The monoisotopic (exact) mass is 991 g/mol. The Morgan fingerprint density at radius 2 is 0.557 bits per heavy atom. The maximum atomic E-state index is 13.5. The maximum Gasteiger partial charge on any atom is 0.264 e. The Hall–Kier alpha value is -4.14. The second kappa shape index (κ2) is 19.0. The van der Waals surface area contributed by atoms with Gasteiger partial charge >= 0.3 is 0 Å². The van der Waals surface area contributed by atoms with Gasteiger partial charge in [-0.1, -0.05) is 187 Å². The largest absolute Gasteiger partial charge is 0.507 e. The molecule has 0 spiro atoms. The molecular weight excluding hydrogens is 901 g/mol. The Morgan fingerprint density at radius 3 is 0.714 bits per heavy atom. The molecule has 4 aromatic carbocycles. The maximum absolute atomic E-state index is 13.5. The van der Waals surface area contributed by atoms with Crippen LogP contribution in [0.5, 0.6) is 23.0 Å². The highest BCUT2D eigenvalue weighted by Gasteiger charge is 2.45. The first-order valence-corrected chi connectivity index (χ1v) is 26.6. The predicted octanol–water partition coefficient (Wildman–Crippen LogP) is 15.9. The fourth-order valence-corrected chi connectivity index (χ4v) is 10.8. The van der Waals surface area contributed by atoms with Crippen LogP contribution in [-0.2, 0) is 43.3 Å². The Labute approximate surface area is 436 Å². The number of nitrogens with zero attached hydrogens (tertiary/aromatic N) is 2. The molecule has 4 aromatic rings. The molecule has 0 atom stereocenters. The second-order valence-corrected chi connectivity index (χ2v) is 26.9. The van der Waals surface area contributed by atoms with Crippen LogP contribution in [0.4, 0.5) is 0 Å². The van der Waals surface area contributed by atoms with Crippen LogP contribution in [0.2, 0.25) is 0 Å². The van der Waals surface area contributed by atoms with Crippen LogP contribution >= 0.6 is 24.4 Å². The SMILES string of the molecule is CCN(CC)C(=S)Oc1c2cc(C(C)(C)C)cc1C(C)(C)c1cc(C(C)(C)C)cc(c1O)C(C)(C)c1cc(C(C)(C)C)cc(c1OC(=S)N(CC)CC)C(C)(C)c1cc(C(C)(C)C)cc(c1O)C2(C)C. The summed E-state index contributed by atoms with van der Waals surface area (Å²) in [6.07, 6.45) is 0. The minimum absolute atomic E-state index is 0.214. The highest BCUT2D eigenvalue weighted by Crippen LogP contribution is 2.57. The van der Waals surface area contributed by atoms with Crippen molar-refractivity contribution in [3.8, 4) is 23.0 Å². The van der Waals surface area contributed by atoms with Crippen molar-refractivity contribution in [1.82, 2.24) is 9.80 Å². The Morgan fingerprint density at radius 1 is 0.386 bits per heavy atom. The van der Waals surface area contributed by atoms with Crippen LogP contribution in [0.3, 0.4) is 0 Å². The molecule has 0 saturated carbocycles. The van der Waals surface area contributed by atoms with Crippen molar-refractivity contribution in [3.05, 3.63) is 115 Å². The third kappa shape index (κ3) is 10.4. The normalized spacial score (nSPS) is 16.3. The van der Waals surface area contributed by atoms with Crippen LogP contribution in [0, 0.1) is 0 Å². The van der Waals surface area contributed by atoms with Gasteiger partial charge in [0.1, 0.15) is 23.0 Å². The molecule has 1 aliphatic carbocycles. The first-order valence-electron chi connectivity index (χ1n) is 25.8. The number of thiocarbonyl (C=S) groups is 2. The molecule has 0 saturated heterocycles. The van der Waals surface area contributed by atoms with Crippen molar-refractivity contribution in [1.29, 1.82) is 0 Å². The molecule has 384 valence electrons. The van der Waals surface area contributed by atoms with E-state index in [1.54, 1.807) is 0 Å². The highest BCUT2D eigenvalue weighted by molar-refractivity contribution is 7.80. The van der Waals surface area contributed by atoms with Gasteiger partial charge in [0.15, 0.2) is 0 Å². The van der Waals surface area contributed by atoms with E-state index in [-0.39, 0.29) is 33.2 Å². The third-order valence-corrected chi connectivity index (χ3v) is 16.4. The molecular formula is C62H90N2O4S2. The van der Waals surface area contributed by atoms with E-state index in [9.17, 15) is 10.2 Å². The van der Waals surface area contributed by atoms with Crippen LogP contribution < -0.4 is 9.47 Å². The molecule has 5 rings (SSSR count). The summed E-state index contributed by atoms with van der Waals surface area (Å²) in [6.45, 7) is 55.6. The van der Waals surface area contributed by atoms with Gasteiger partial charge in [-0.3, -0.25) is 0 Å². The molecule has 0 heterocycles. The zero-order valence-electron chi connectivity index (χ0n) is 47.9. The molecule has 0 unspecified atom stereocenters. The average Bonchev–Trinajstić information content (AvgIpc) is 3.22. The van der Waals surface area contributed by atoms with Gasteiger partial charge in [-0.15, -0.1) is 0 Å². The Bertz CT molecular complexity index is 2350. The van der Waals surface area contributed by atoms with Crippen molar-refractivity contribution >= 4 is 34.8 Å². The van der Waals surface area contributed by atoms with E-state index < -0.39 is 21.7 Å². The van der Waals surface area contributed by atoms with E-state index in [2.05, 4.69) is 225 Å². The molecule has 0 aromatic heterocycles. The summed E-state index contributed by atoms with van der Waals surface area (Å²) in [6, 6.07) is 17.9. The van der Waals surface area contributed by atoms with Gasteiger partial charge in [0, 0.05) is 92.3 Å². The number of benzene rings is 4. The molecule has 0 aliphatic heterocycles. The third-order valence-electron chi connectivity index (χ3n) is 15.7. The Balaban J connectivity index is 2.25. The zero-order valence-corrected chi connectivity index (χ0v) is 49.5. The number of rotatable bonds is 6. The van der Waals surface area contributed by atoms with Crippen molar-refractivity contribution in [2.24, 2.45) is 0 Å². The number of phenolic OH excluding ortho intramolecular Hbond substituents is 2. The van der Waals surface area contributed by atoms with E-state index in [4.69, 9.17) is 33.9 Å². The van der Waals surface area contributed by atoms with Crippen LogP contribution in [0.25, 0.3) is 0 Å². The van der Waals surface area contributed by atoms with Crippen LogP contribution in [-0.4, -0.2) is 56.5 Å². The molecule has 6 nitrogen and oxygen atoms in total. The van der Waals surface area contributed by atoms with Gasteiger partial charge in [-0.2, -0.15) is 0 Å². The topological polar surface area (TPSA) is 65.4 Å². The van der Waals surface area contributed by atoms with Gasteiger partial charge in [0.05, 0.1) is 0 Å². The summed E-state index contributed by atoms with van der Waals surface area (Å²) < 4.78 is 14.5. The number of fused-ring (bicyclic) bond motifs is 8. The second-order valence-electron chi connectivity index (χ2n) is 26.2. The standard InChI is InChI=1S/C62H90N2O4S2/c1-25-63(26-2)53(69)67-51-45-33-39(57(11,12)13)34-46(51)60(19,20)42-30-38(56(8,9)10)32-44(50(42)66)62(23,24)48-36-40(58(14,15)16)35-47(52(48)68-54(70)64(27-3)28-4)61(21,22)43-31-37(55(5,6)7)29-41(49(43)65)59(45,17)18/h29-36,65-66H,25-28H2,1-24H3. The van der Waals surface area contributed by atoms with Crippen molar-refractivity contribution < 1.29 is 19.7 Å². The van der Waals surface area contributed by atoms with E-state index in [1.165, 1.54) is 0 Å². The van der Waals surface area contributed by atoms with Gasteiger partial charge in [-0.05, 0) is 96.0 Å². The average molecular weight is 992 g/mol. The summed E-state index contributed by atoms with van der Waals surface area (Å²) in [5.41, 5.74) is 6.38. The molecule has 8 heteroatoms. The van der Waals surface area contributed by atoms with E-state index in [1.807, 2.05) is 0 Å². The molecule has 70 heavy (non-hydrogen) atoms.